The highest BCUT2D eigenvalue weighted by molar-refractivity contribution is 5.75. The molecular formula is C13H20N4O2. The van der Waals surface area contributed by atoms with E-state index >= 15 is 0 Å². The lowest BCUT2D eigenvalue weighted by Crippen LogP contribution is -2.45. The van der Waals surface area contributed by atoms with E-state index < -0.39 is 0 Å². The maximum Gasteiger partial charge on any atom is 0.231 e. The van der Waals surface area contributed by atoms with Gasteiger partial charge in [-0.2, -0.15) is 0 Å². The fourth-order valence-electron chi connectivity index (χ4n) is 2.29. The van der Waals surface area contributed by atoms with Crippen LogP contribution in [0.25, 0.3) is 0 Å². The maximum atomic E-state index is 10.8. The maximum absolute atomic E-state index is 10.8. The highest BCUT2D eigenvalue weighted by atomic mass is 16.3. The molecule has 0 aliphatic carbocycles. The standard InChI is InChI=1S/C13H20N4O2/c14-13(19)9-17-5-3-10(4-6-17)15-7-11-1-2-12(18)8-16-11/h1-2,8,10,15,18H,3-7,9H2,(H2,14,19). The summed E-state index contributed by atoms with van der Waals surface area (Å²) in [5.74, 6) is -0.0804. The summed E-state index contributed by atoms with van der Waals surface area (Å²) in [7, 11) is 0. The van der Waals surface area contributed by atoms with Gasteiger partial charge in [0.15, 0.2) is 0 Å². The molecule has 1 aromatic heterocycles. The zero-order chi connectivity index (χ0) is 13.7. The minimum Gasteiger partial charge on any atom is -0.506 e. The van der Waals surface area contributed by atoms with Gasteiger partial charge in [-0.25, -0.2) is 0 Å². The molecule has 1 aliphatic heterocycles. The van der Waals surface area contributed by atoms with Crippen LogP contribution in [-0.2, 0) is 11.3 Å². The lowest BCUT2D eigenvalue weighted by Gasteiger charge is -2.31. The Morgan fingerprint density at radius 3 is 2.79 bits per heavy atom. The first-order valence-corrected chi connectivity index (χ1v) is 6.51. The number of rotatable bonds is 5. The van der Waals surface area contributed by atoms with Gasteiger partial charge in [0.25, 0.3) is 0 Å². The van der Waals surface area contributed by atoms with E-state index in [2.05, 4.69) is 15.2 Å². The average molecular weight is 264 g/mol. The summed E-state index contributed by atoms with van der Waals surface area (Å²) < 4.78 is 0. The summed E-state index contributed by atoms with van der Waals surface area (Å²) in [6, 6.07) is 3.89. The van der Waals surface area contributed by atoms with Crippen molar-refractivity contribution in [1.82, 2.24) is 15.2 Å². The molecule has 6 heteroatoms. The minimum absolute atomic E-state index is 0.184. The van der Waals surface area contributed by atoms with Crippen molar-refractivity contribution < 1.29 is 9.90 Å². The molecule has 1 aromatic rings. The summed E-state index contributed by atoms with van der Waals surface area (Å²) in [5, 5.41) is 12.6. The summed E-state index contributed by atoms with van der Waals surface area (Å²) in [4.78, 5) is 17.0. The molecule has 0 atom stereocenters. The van der Waals surface area contributed by atoms with E-state index in [1.165, 1.54) is 6.20 Å². The quantitative estimate of drug-likeness (QED) is 0.686. The molecule has 104 valence electrons. The van der Waals surface area contributed by atoms with E-state index in [0.29, 0.717) is 19.1 Å². The van der Waals surface area contributed by atoms with Crippen LogP contribution in [0, 0.1) is 0 Å². The third kappa shape index (κ3) is 4.50. The van der Waals surface area contributed by atoms with Crippen LogP contribution in [0.4, 0.5) is 0 Å². The predicted molar refractivity (Wildman–Crippen MR) is 71.4 cm³/mol. The van der Waals surface area contributed by atoms with Crippen LogP contribution in [0.5, 0.6) is 5.75 Å². The van der Waals surface area contributed by atoms with Crippen LogP contribution >= 0.6 is 0 Å². The van der Waals surface area contributed by atoms with Crippen LogP contribution < -0.4 is 11.1 Å². The van der Waals surface area contributed by atoms with Crippen molar-refractivity contribution in [2.75, 3.05) is 19.6 Å². The van der Waals surface area contributed by atoms with Gasteiger partial charge < -0.3 is 16.2 Å². The Morgan fingerprint density at radius 1 is 1.47 bits per heavy atom. The number of pyridine rings is 1. The monoisotopic (exact) mass is 264 g/mol. The van der Waals surface area contributed by atoms with Crippen molar-refractivity contribution in [2.45, 2.75) is 25.4 Å². The zero-order valence-electron chi connectivity index (χ0n) is 10.9. The first-order valence-electron chi connectivity index (χ1n) is 6.51. The molecule has 19 heavy (non-hydrogen) atoms. The van der Waals surface area contributed by atoms with E-state index in [9.17, 15) is 4.79 Å². The third-order valence-corrected chi connectivity index (χ3v) is 3.35. The number of carbonyl (C=O) groups is 1. The number of nitrogens with zero attached hydrogens (tertiary/aromatic N) is 2. The molecule has 1 amide bonds. The van der Waals surface area contributed by atoms with Crippen LogP contribution in [0.2, 0.25) is 0 Å². The van der Waals surface area contributed by atoms with Crippen molar-refractivity contribution in [3.8, 4) is 5.75 Å². The molecular weight excluding hydrogens is 244 g/mol. The normalized spacial score (nSPS) is 17.5. The Balaban J connectivity index is 1.71. The lowest BCUT2D eigenvalue weighted by atomic mass is 10.0. The van der Waals surface area contributed by atoms with E-state index in [1.807, 2.05) is 6.07 Å². The van der Waals surface area contributed by atoms with E-state index in [4.69, 9.17) is 10.8 Å². The summed E-state index contributed by atoms with van der Waals surface area (Å²) in [5.41, 5.74) is 6.09. The Morgan fingerprint density at radius 2 is 2.21 bits per heavy atom. The molecule has 0 aromatic carbocycles. The number of primary amides is 1. The van der Waals surface area contributed by atoms with Gasteiger partial charge in [-0.3, -0.25) is 14.7 Å². The molecule has 2 rings (SSSR count). The second-order valence-corrected chi connectivity index (χ2v) is 4.91. The Labute approximate surface area is 112 Å². The van der Waals surface area contributed by atoms with Gasteiger partial charge in [-0.1, -0.05) is 0 Å². The van der Waals surface area contributed by atoms with Gasteiger partial charge >= 0.3 is 0 Å². The number of nitrogens with two attached hydrogens (primary N) is 1. The average Bonchev–Trinajstić information content (AvgIpc) is 2.39. The van der Waals surface area contributed by atoms with Crippen LogP contribution in [0.1, 0.15) is 18.5 Å². The number of aromatic nitrogens is 1. The number of hydrogen-bond donors (Lipinski definition) is 3. The van der Waals surface area contributed by atoms with Crippen LogP contribution in [-0.4, -0.2) is 46.6 Å². The first kappa shape index (κ1) is 13.8. The Bertz CT molecular complexity index is 413. The molecule has 0 spiro atoms. The molecule has 1 saturated heterocycles. The number of nitrogens with one attached hydrogen (secondary N) is 1. The largest absolute Gasteiger partial charge is 0.506 e. The molecule has 1 fully saturated rings. The molecule has 0 bridgehead atoms. The summed E-state index contributed by atoms with van der Waals surface area (Å²) >= 11 is 0. The number of piperidine rings is 1. The van der Waals surface area contributed by atoms with Gasteiger partial charge in [-0.05, 0) is 25.0 Å². The van der Waals surface area contributed by atoms with Gasteiger partial charge in [0.1, 0.15) is 5.75 Å². The number of carbonyl (C=O) groups excluding carboxylic acids is 1. The van der Waals surface area contributed by atoms with Crippen LogP contribution in [0.3, 0.4) is 0 Å². The third-order valence-electron chi connectivity index (χ3n) is 3.35. The second-order valence-electron chi connectivity index (χ2n) is 4.91. The topological polar surface area (TPSA) is 91.5 Å². The van der Waals surface area contributed by atoms with Gasteiger partial charge in [0.2, 0.25) is 5.91 Å². The van der Waals surface area contributed by atoms with Crippen molar-refractivity contribution in [1.29, 1.82) is 0 Å². The zero-order valence-corrected chi connectivity index (χ0v) is 10.9. The second kappa shape index (κ2) is 6.49. The van der Waals surface area contributed by atoms with Crippen molar-refractivity contribution in [2.24, 2.45) is 5.73 Å². The summed E-state index contributed by atoms with van der Waals surface area (Å²) in [6.45, 7) is 2.83. The molecule has 1 aliphatic rings. The first-order chi connectivity index (χ1) is 9.13. The predicted octanol–water partition coefficient (Wildman–Crippen LogP) is -0.173. The highest BCUT2D eigenvalue weighted by Gasteiger charge is 2.19. The molecule has 4 N–H and O–H groups in total. The molecule has 0 radical (unpaired) electrons. The fourth-order valence-corrected chi connectivity index (χ4v) is 2.29. The smallest absolute Gasteiger partial charge is 0.231 e. The Hall–Kier alpha value is -1.66. The molecule has 0 saturated carbocycles. The van der Waals surface area contributed by atoms with Gasteiger partial charge in [0.05, 0.1) is 18.4 Å². The highest BCUT2D eigenvalue weighted by Crippen LogP contribution is 2.11. The lowest BCUT2D eigenvalue weighted by molar-refractivity contribution is -0.119. The minimum atomic E-state index is -0.264. The SMILES string of the molecule is NC(=O)CN1CCC(NCc2ccc(O)cn2)CC1. The van der Waals surface area contributed by atoms with E-state index in [0.717, 1.165) is 31.6 Å². The Kier molecular flexibility index (Phi) is 4.70. The van der Waals surface area contributed by atoms with Gasteiger partial charge in [-0.15, -0.1) is 0 Å². The fraction of sp³-hybridized carbons (Fsp3) is 0.538. The molecule has 2 heterocycles. The number of amides is 1. The van der Waals surface area contributed by atoms with Gasteiger partial charge in [0, 0.05) is 25.7 Å². The van der Waals surface area contributed by atoms with E-state index in [1.54, 1.807) is 6.07 Å². The van der Waals surface area contributed by atoms with Crippen molar-refractivity contribution in [3.05, 3.63) is 24.0 Å². The summed E-state index contributed by atoms with van der Waals surface area (Å²) in [6.07, 6.45) is 3.46. The molecule has 0 unspecified atom stereocenters. The molecule has 6 nitrogen and oxygen atoms in total. The van der Waals surface area contributed by atoms with E-state index in [-0.39, 0.29) is 11.7 Å². The van der Waals surface area contributed by atoms with Crippen molar-refractivity contribution >= 4 is 5.91 Å². The number of hydrogen-bond acceptors (Lipinski definition) is 5. The number of aromatic hydroxyl groups is 1. The van der Waals surface area contributed by atoms with Crippen LogP contribution in [0.15, 0.2) is 18.3 Å². The van der Waals surface area contributed by atoms with Crippen molar-refractivity contribution in [3.63, 3.8) is 0 Å². The number of likely N-dealkylation sites (tertiary alicyclic amines) is 1.